The molecule has 0 N–H and O–H groups in total. The molecule has 1 fully saturated rings. The van der Waals surface area contributed by atoms with Gasteiger partial charge < -0.3 is 0 Å². The van der Waals surface area contributed by atoms with Crippen LogP contribution in [0.5, 0.6) is 0 Å². The number of benzene rings is 1. The Hall–Kier alpha value is -0.971. The van der Waals surface area contributed by atoms with Gasteiger partial charge in [-0.1, -0.05) is 0 Å². The number of rotatable bonds is 13. The number of nitrogens with zero attached hydrogens (tertiary/aromatic N) is 1. The fourth-order valence-corrected chi connectivity index (χ4v) is 23.0. The summed E-state index contributed by atoms with van der Waals surface area (Å²) in [7, 11) is 1.49. The molecule has 0 unspecified atom stereocenters. The van der Waals surface area contributed by atoms with Crippen molar-refractivity contribution >= 4 is 35.5 Å². The summed E-state index contributed by atoms with van der Waals surface area (Å²) in [5.74, 6) is 0.615. The zero-order chi connectivity index (χ0) is 23.7. The van der Waals surface area contributed by atoms with Crippen molar-refractivity contribution in [3.8, 4) is 0 Å². The third-order valence-corrected chi connectivity index (χ3v) is 23.2. The number of fused-ring (bicyclic) bond motifs is 1. The number of esters is 1. The number of carbonyl (C=O) groups excluding carboxylic acids is 1. The normalized spacial score (nSPS) is 15.3. The second-order valence-electron chi connectivity index (χ2n) is 10.5. The van der Waals surface area contributed by atoms with E-state index < -0.39 is 18.7 Å². The summed E-state index contributed by atoms with van der Waals surface area (Å²) in [5.41, 5.74) is 3.64. The molecule has 0 saturated heterocycles. The van der Waals surface area contributed by atoms with Gasteiger partial charge in [0, 0.05) is 0 Å². The molecule has 0 radical (unpaired) electrons. The number of ether oxygens (including phenoxy) is 1. The quantitative estimate of drug-likeness (QED) is 0.181. The Morgan fingerprint density at radius 3 is 2.09 bits per heavy atom. The van der Waals surface area contributed by atoms with Gasteiger partial charge in [-0.05, 0) is 0 Å². The number of methoxy groups -OCH3 is 1. The van der Waals surface area contributed by atoms with Gasteiger partial charge in [-0.2, -0.15) is 0 Å². The number of aromatic nitrogens is 1. The Bertz CT molecular complexity index is 859. The van der Waals surface area contributed by atoms with Gasteiger partial charge in [0.05, 0.1) is 0 Å². The second kappa shape index (κ2) is 13.2. The summed E-state index contributed by atoms with van der Waals surface area (Å²) in [6.45, 7) is 7.05. The van der Waals surface area contributed by atoms with Crippen LogP contribution in [0.3, 0.4) is 0 Å². The first kappa shape index (κ1) is 26.6. The van der Waals surface area contributed by atoms with Crippen molar-refractivity contribution in [3.05, 3.63) is 35.5 Å². The molecule has 3 rings (SSSR count). The fraction of sp³-hybridized carbons (Fsp3) is 0.690. The van der Waals surface area contributed by atoms with Crippen molar-refractivity contribution in [2.45, 2.75) is 111 Å². The Kier molecular flexibility index (Phi) is 10.7. The molecular formula is C29H47NO2Sn. The molecular weight excluding hydrogens is 513 g/mol. The van der Waals surface area contributed by atoms with Crippen molar-refractivity contribution < 1.29 is 9.53 Å². The van der Waals surface area contributed by atoms with E-state index in [2.05, 4.69) is 41.8 Å². The van der Waals surface area contributed by atoms with E-state index in [9.17, 15) is 4.79 Å². The van der Waals surface area contributed by atoms with Crippen molar-refractivity contribution in [1.82, 2.24) is 2.79 Å². The van der Waals surface area contributed by atoms with Gasteiger partial charge in [0.2, 0.25) is 0 Å². The van der Waals surface area contributed by atoms with Crippen LogP contribution in [0.15, 0.2) is 24.3 Å². The molecule has 4 heteroatoms. The van der Waals surface area contributed by atoms with Crippen LogP contribution in [0.1, 0.15) is 107 Å². The predicted molar refractivity (Wildman–Crippen MR) is 144 cm³/mol. The van der Waals surface area contributed by atoms with Crippen LogP contribution >= 0.6 is 0 Å². The fourth-order valence-electron chi connectivity index (χ4n) is 6.13. The van der Waals surface area contributed by atoms with Crippen LogP contribution in [0.4, 0.5) is 0 Å². The molecule has 0 bridgehead atoms. The van der Waals surface area contributed by atoms with Gasteiger partial charge in [-0.25, -0.2) is 0 Å². The average Bonchev–Trinajstić information content (AvgIpc) is 3.21. The maximum absolute atomic E-state index is 12.4. The summed E-state index contributed by atoms with van der Waals surface area (Å²) in [6.07, 6.45) is 16.1. The van der Waals surface area contributed by atoms with Crippen molar-refractivity contribution in [1.29, 1.82) is 0 Å². The molecule has 1 heterocycles. The van der Waals surface area contributed by atoms with Crippen LogP contribution in [-0.2, 0) is 11.2 Å². The first-order chi connectivity index (χ1) is 16.1. The van der Waals surface area contributed by atoms with Gasteiger partial charge >= 0.3 is 208 Å². The molecule has 0 atom stereocenters. The molecule has 0 amide bonds. The Morgan fingerprint density at radius 1 is 0.939 bits per heavy atom. The number of unbranched alkanes of at least 4 members (excludes halogenated alkanes) is 3. The van der Waals surface area contributed by atoms with E-state index >= 15 is 0 Å². The number of hydrogen-bond donors (Lipinski definition) is 0. The molecule has 1 saturated carbocycles. The first-order valence-electron chi connectivity index (χ1n) is 13.8. The zero-order valence-corrected chi connectivity index (χ0v) is 24.6. The van der Waals surface area contributed by atoms with Gasteiger partial charge in [-0.3, -0.25) is 0 Å². The molecule has 1 aromatic heterocycles. The van der Waals surface area contributed by atoms with Crippen molar-refractivity contribution in [2.24, 2.45) is 5.92 Å². The third kappa shape index (κ3) is 6.58. The minimum atomic E-state index is -2.76. The minimum absolute atomic E-state index is 0.213. The predicted octanol–water partition coefficient (Wildman–Crippen LogP) is 8.74. The van der Waals surface area contributed by atoms with Crippen molar-refractivity contribution in [2.75, 3.05) is 7.11 Å². The molecule has 1 aromatic carbocycles. The molecule has 1 aliphatic rings. The van der Waals surface area contributed by atoms with Crippen LogP contribution in [-0.4, -0.2) is 34.5 Å². The molecule has 0 aliphatic heterocycles. The Morgan fingerprint density at radius 2 is 1.55 bits per heavy atom. The van der Waals surface area contributed by atoms with Gasteiger partial charge in [-0.15, -0.1) is 0 Å². The van der Waals surface area contributed by atoms with Crippen molar-refractivity contribution in [3.63, 3.8) is 0 Å². The van der Waals surface area contributed by atoms with Crippen LogP contribution in [0, 0.1) is 5.92 Å². The topological polar surface area (TPSA) is 31.2 Å². The summed E-state index contributed by atoms with van der Waals surface area (Å²) in [6, 6.07) is 8.81. The van der Waals surface area contributed by atoms with Gasteiger partial charge in [0.15, 0.2) is 0 Å². The molecule has 2 aromatic rings. The Balaban J connectivity index is 2.18. The molecule has 1 aliphatic carbocycles. The molecule has 184 valence electrons. The molecule has 0 spiro atoms. The van der Waals surface area contributed by atoms with E-state index in [4.69, 9.17) is 4.74 Å². The van der Waals surface area contributed by atoms with E-state index in [0.717, 1.165) is 5.92 Å². The third-order valence-electron chi connectivity index (χ3n) is 7.99. The second-order valence-corrected chi connectivity index (χ2v) is 23.0. The number of carbonyl (C=O) groups is 1. The molecule has 3 nitrogen and oxygen atoms in total. The van der Waals surface area contributed by atoms with Crippen LogP contribution in [0.25, 0.3) is 10.9 Å². The Labute approximate surface area is 206 Å². The van der Waals surface area contributed by atoms with E-state index in [1.807, 2.05) is 6.07 Å². The van der Waals surface area contributed by atoms with E-state index in [1.165, 1.54) is 108 Å². The first-order valence-corrected chi connectivity index (χ1v) is 21.1. The van der Waals surface area contributed by atoms with Gasteiger partial charge in [0.25, 0.3) is 0 Å². The summed E-state index contributed by atoms with van der Waals surface area (Å²) in [4.78, 5) is 12.4. The van der Waals surface area contributed by atoms with E-state index in [1.54, 1.807) is 5.69 Å². The van der Waals surface area contributed by atoms with Gasteiger partial charge in [0.1, 0.15) is 0 Å². The monoisotopic (exact) mass is 561 g/mol. The van der Waals surface area contributed by atoms with E-state index in [0.29, 0.717) is 5.56 Å². The SMILES string of the molecule is CCC[CH2][Sn]([CH2]CCC)([CH2]CCC)[n]1c(CC2CCCCC2)cc2ccc(C(=O)OC)cc21. The molecule has 33 heavy (non-hydrogen) atoms. The van der Waals surface area contributed by atoms with E-state index in [-0.39, 0.29) is 5.97 Å². The summed E-state index contributed by atoms with van der Waals surface area (Å²) < 4.78 is 12.4. The summed E-state index contributed by atoms with van der Waals surface area (Å²) >= 11 is -2.76. The summed E-state index contributed by atoms with van der Waals surface area (Å²) in [5, 5.41) is 1.33. The van der Waals surface area contributed by atoms with Crippen LogP contribution < -0.4 is 0 Å². The zero-order valence-electron chi connectivity index (χ0n) is 21.8. The van der Waals surface area contributed by atoms with Crippen LogP contribution in [0.2, 0.25) is 13.3 Å². The average molecular weight is 560 g/mol. The standard InChI is InChI=1S/C17H21NO2.3C4H9.Sn/c1-20-17(19)14-8-7-13-10-15(18-16(13)11-14)9-12-5-3-2-4-6-12;3*1-3-4-2;/h7-8,10-12H,2-6,9H2,1H3,(H,18,19);3*1,3-4H2,2H3;/q;;;;+1/p-1. The maximum atomic E-state index is 12.4. The number of hydrogen-bond acceptors (Lipinski definition) is 2.